The molecule has 0 fully saturated rings. The van der Waals surface area contributed by atoms with Gasteiger partial charge in [-0.15, -0.1) is 0 Å². The zero-order chi connectivity index (χ0) is 16.2. The Morgan fingerprint density at radius 3 is 2.43 bits per heavy atom. The van der Waals surface area contributed by atoms with E-state index in [9.17, 15) is 0 Å². The van der Waals surface area contributed by atoms with Gasteiger partial charge in [0.05, 0.1) is 14.2 Å². The lowest BCUT2D eigenvalue weighted by atomic mass is 9.77. The second-order valence-corrected chi connectivity index (χ2v) is 6.57. The van der Waals surface area contributed by atoms with Crippen molar-refractivity contribution in [3.63, 3.8) is 0 Å². The van der Waals surface area contributed by atoms with Gasteiger partial charge in [-0.25, -0.2) is 0 Å². The van der Waals surface area contributed by atoms with E-state index in [0.29, 0.717) is 0 Å². The lowest BCUT2D eigenvalue weighted by Crippen LogP contribution is -2.39. The fourth-order valence-electron chi connectivity index (χ4n) is 3.82. The number of rotatable bonds is 2. The van der Waals surface area contributed by atoms with Crippen LogP contribution in [0.2, 0.25) is 0 Å². The molecule has 0 bridgehead atoms. The molecule has 2 aromatic rings. The van der Waals surface area contributed by atoms with E-state index in [1.54, 1.807) is 14.2 Å². The molecule has 2 aromatic carbocycles. The molecule has 118 valence electrons. The molecule has 3 nitrogen and oxygen atoms in total. The van der Waals surface area contributed by atoms with Crippen molar-refractivity contribution in [3.05, 3.63) is 53.1 Å². The maximum absolute atomic E-state index is 6.31. The Morgan fingerprint density at radius 2 is 1.70 bits per heavy atom. The van der Waals surface area contributed by atoms with Crippen molar-refractivity contribution in [3.8, 4) is 17.2 Å². The van der Waals surface area contributed by atoms with Crippen LogP contribution in [-0.2, 0) is 0 Å². The van der Waals surface area contributed by atoms with Crippen molar-refractivity contribution >= 4 is 11.6 Å². The van der Waals surface area contributed by atoms with Crippen molar-refractivity contribution in [2.24, 2.45) is 0 Å². The summed E-state index contributed by atoms with van der Waals surface area (Å²) >= 11 is 0. The van der Waals surface area contributed by atoms with E-state index in [-0.39, 0.29) is 11.5 Å². The van der Waals surface area contributed by atoms with Crippen molar-refractivity contribution in [2.45, 2.75) is 25.4 Å². The van der Waals surface area contributed by atoms with Crippen LogP contribution in [0.3, 0.4) is 0 Å². The molecular weight excluding hydrogens is 288 g/mol. The Kier molecular flexibility index (Phi) is 2.95. The van der Waals surface area contributed by atoms with Gasteiger partial charge in [-0.1, -0.05) is 18.2 Å². The van der Waals surface area contributed by atoms with E-state index in [1.165, 1.54) is 22.3 Å². The summed E-state index contributed by atoms with van der Waals surface area (Å²) in [7, 11) is 3.34. The molecule has 0 saturated heterocycles. The van der Waals surface area contributed by atoms with Gasteiger partial charge in [-0.2, -0.15) is 0 Å². The number of hydrogen-bond acceptors (Lipinski definition) is 3. The summed E-state index contributed by atoms with van der Waals surface area (Å²) in [5.74, 6) is 2.66. The molecule has 3 heteroatoms. The van der Waals surface area contributed by atoms with Gasteiger partial charge in [-0.3, -0.25) is 0 Å². The zero-order valence-electron chi connectivity index (χ0n) is 13.8. The van der Waals surface area contributed by atoms with Gasteiger partial charge in [0.15, 0.2) is 11.5 Å². The lowest BCUT2D eigenvalue weighted by Gasteiger charge is -2.40. The number of methoxy groups -OCH3 is 2. The molecule has 0 radical (unpaired) electrons. The quantitative estimate of drug-likeness (QED) is 0.817. The fraction of sp³-hybridized carbons (Fsp3) is 0.300. The van der Waals surface area contributed by atoms with Crippen LogP contribution < -0.4 is 14.2 Å². The number of ether oxygens (including phenoxy) is 3. The predicted molar refractivity (Wildman–Crippen MR) is 91.3 cm³/mol. The number of benzene rings is 2. The van der Waals surface area contributed by atoms with Crippen molar-refractivity contribution in [1.82, 2.24) is 0 Å². The Labute approximate surface area is 136 Å². The Balaban J connectivity index is 1.95. The molecular formula is C20H20O3. The van der Waals surface area contributed by atoms with Crippen molar-refractivity contribution in [2.75, 3.05) is 14.2 Å². The number of hydrogen-bond donors (Lipinski definition) is 0. The molecule has 2 aliphatic rings. The van der Waals surface area contributed by atoms with Gasteiger partial charge in [0.2, 0.25) is 0 Å². The predicted octanol–water partition coefficient (Wildman–Crippen LogP) is 4.51. The first kappa shape index (κ1) is 14.2. The highest BCUT2D eigenvalue weighted by Crippen LogP contribution is 2.55. The molecule has 1 atom stereocenters. The van der Waals surface area contributed by atoms with Crippen LogP contribution in [0.1, 0.15) is 36.5 Å². The molecule has 23 heavy (non-hydrogen) atoms. The summed E-state index contributed by atoms with van der Waals surface area (Å²) in [6.07, 6.45) is 2.26. The first-order chi connectivity index (χ1) is 11.0. The SMILES string of the molecule is COc1cc2c(cc1OC)C1C(=C2)c2ccccc2OC1(C)C. The normalized spacial score (nSPS) is 19.8. The Bertz CT molecular complexity index is 818. The largest absolute Gasteiger partial charge is 0.493 e. The summed E-state index contributed by atoms with van der Waals surface area (Å²) in [6, 6.07) is 12.4. The molecule has 1 unspecified atom stereocenters. The van der Waals surface area contributed by atoms with E-state index in [0.717, 1.165) is 17.2 Å². The van der Waals surface area contributed by atoms with Gasteiger partial charge >= 0.3 is 0 Å². The second-order valence-electron chi connectivity index (χ2n) is 6.57. The second kappa shape index (κ2) is 4.79. The number of para-hydroxylation sites is 1. The minimum atomic E-state index is -0.314. The maximum atomic E-state index is 6.31. The topological polar surface area (TPSA) is 27.7 Å². The fourth-order valence-corrected chi connectivity index (χ4v) is 3.82. The minimum Gasteiger partial charge on any atom is -0.493 e. The smallest absolute Gasteiger partial charge is 0.161 e. The molecule has 0 amide bonds. The third-order valence-corrected chi connectivity index (χ3v) is 4.79. The maximum Gasteiger partial charge on any atom is 0.161 e. The summed E-state index contributed by atoms with van der Waals surface area (Å²) in [5, 5.41) is 0. The standard InChI is InChI=1S/C20H20O3/c1-20(2)19-14-11-18(22-4)17(21-3)10-12(14)9-15(19)13-7-5-6-8-16(13)23-20/h5-11,19H,1-4H3. The highest BCUT2D eigenvalue weighted by molar-refractivity contribution is 5.95. The Morgan fingerprint density at radius 1 is 1.00 bits per heavy atom. The van der Waals surface area contributed by atoms with Crippen molar-refractivity contribution in [1.29, 1.82) is 0 Å². The summed E-state index contributed by atoms with van der Waals surface area (Å²) in [4.78, 5) is 0. The molecule has 1 aliphatic heterocycles. The van der Waals surface area contributed by atoms with Gasteiger partial charge in [-0.05, 0) is 54.8 Å². The third-order valence-electron chi connectivity index (χ3n) is 4.79. The first-order valence-corrected chi connectivity index (χ1v) is 7.81. The minimum absolute atomic E-state index is 0.187. The molecule has 1 heterocycles. The summed E-state index contributed by atoms with van der Waals surface area (Å²) < 4.78 is 17.2. The van der Waals surface area contributed by atoms with E-state index in [2.05, 4.69) is 44.2 Å². The number of fused-ring (bicyclic) bond motifs is 5. The van der Waals surface area contributed by atoms with Crippen LogP contribution in [-0.4, -0.2) is 19.8 Å². The van der Waals surface area contributed by atoms with Crippen LogP contribution in [0.5, 0.6) is 17.2 Å². The van der Waals surface area contributed by atoms with Gasteiger partial charge in [0.1, 0.15) is 11.4 Å². The van der Waals surface area contributed by atoms with Gasteiger partial charge in [0.25, 0.3) is 0 Å². The van der Waals surface area contributed by atoms with Crippen LogP contribution >= 0.6 is 0 Å². The highest BCUT2D eigenvalue weighted by atomic mass is 16.5. The highest BCUT2D eigenvalue weighted by Gasteiger charge is 2.45. The van der Waals surface area contributed by atoms with Crippen LogP contribution in [0.25, 0.3) is 11.6 Å². The average Bonchev–Trinajstić information content (AvgIpc) is 2.92. The van der Waals surface area contributed by atoms with E-state index < -0.39 is 0 Å². The van der Waals surface area contributed by atoms with Gasteiger partial charge < -0.3 is 14.2 Å². The monoisotopic (exact) mass is 308 g/mol. The summed E-state index contributed by atoms with van der Waals surface area (Å²) in [5.41, 5.74) is 4.58. The molecule has 1 aliphatic carbocycles. The van der Waals surface area contributed by atoms with Crippen LogP contribution in [0, 0.1) is 0 Å². The molecule has 0 aromatic heterocycles. The van der Waals surface area contributed by atoms with E-state index >= 15 is 0 Å². The summed E-state index contributed by atoms with van der Waals surface area (Å²) in [6.45, 7) is 4.29. The van der Waals surface area contributed by atoms with E-state index in [1.807, 2.05) is 12.1 Å². The van der Waals surface area contributed by atoms with Crippen molar-refractivity contribution < 1.29 is 14.2 Å². The molecule has 0 N–H and O–H groups in total. The van der Waals surface area contributed by atoms with Crippen LogP contribution in [0.15, 0.2) is 36.4 Å². The lowest BCUT2D eigenvalue weighted by molar-refractivity contribution is 0.0892. The average molecular weight is 308 g/mol. The van der Waals surface area contributed by atoms with E-state index in [4.69, 9.17) is 14.2 Å². The third kappa shape index (κ3) is 1.96. The Hall–Kier alpha value is -2.42. The molecule has 4 rings (SSSR count). The van der Waals surface area contributed by atoms with Gasteiger partial charge in [0, 0.05) is 11.5 Å². The molecule has 0 spiro atoms. The first-order valence-electron chi connectivity index (χ1n) is 7.81. The molecule has 0 saturated carbocycles. The zero-order valence-corrected chi connectivity index (χ0v) is 13.8. The van der Waals surface area contributed by atoms with Crippen LogP contribution in [0.4, 0.5) is 0 Å².